The zero-order chi connectivity index (χ0) is 23.6. The highest BCUT2D eigenvalue weighted by Gasteiger charge is 2.31. The van der Waals surface area contributed by atoms with Gasteiger partial charge in [-0.25, -0.2) is 4.79 Å². The summed E-state index contributed by atoms with van der Waals surface area (Å²) in [7, 11) is 0. The van der Waals surface area contributed by atoms with Crippen LogP contribution in [0.3, 0.4) is 0 Å². The van der Waals surface area contributed by atoms with Crippen LogP contribution in [0, 0.1) is 17.2 Å². The molecule has 2 fully saturated rings. The van der Waals surface area contributed by atoms with Crippen LogP contribution >= 0.6 is 0 Å². The molecule has 0 aromatic heterocycles. The highest BCUT2D eigenvalue weighted by Crippen LogP contribution is 2.23. The van der Waals surface area contributed by atoms with Gasteiger partial charge in [-0.05, 0) is 55.9 Å². The summed E-state index contributed by atoms with van der Waals surface area (Å²) in [4.78, 5) is 40.6. The molecule has 0 radical (unpaired) electrons. The Morgan fingerprint density at radius 2 is 1.58 bits per heavy atom. The summed E-state index contributed by atoms with van der Waals surface area (Å²) in [5.74, 6) is 0.347. The molecule has 33 heavy (non-hydrogen) atoms. The van der Waals surface area contributed by atoms with Crippen molar-refractivity contribution in [2.24, 2.45) is 5.92 Å². The first-order valence-electron chi connectivity index (χ1n) is 11.7. The van der Waals surface area contributed by atoms with Crippen LogP contribution in [0.2, 0.25) is 0 Å². The number of carbonyl (C=O) groups excluding carboxylic acids is 2. The fourth-order valence-electron chi connectivity index (χ4n) is 4.36. The average molecular weight is 457 g/mol. The van der Waals surface area contributed by atoms with Crippen molar-refractivity contribution in [3.8, 4) is 11.8 Å². The first kappa shape index (κ1) is 24.4. The van der Waals surface area contributed by atoms with Crippen LogP contribution in [-0.2, 0) is 9.59 Å². The topological polar surface area (TPSA) is 114 Å². The van der Waals surface area contributed by atoms with Crippen LogP contribution in [0.4, 0.5) is 4.79 Å². The van der Waals surface area contributed by atoms with Gasteiger partial charge in [0.2, 0.25) is 0 Å². The van der Waals surface area contributed by atoms with Gasteiger partial charge in [-0.2, -0.15) is 5.26 Å². The summed E-state index contributed by atoms with van der Waals surface area (Å²) in [6.45, 7) is 3.80. The van der Waals surface area contributed by atoms with Crippen molar-refractivity contribution in [2.75, 3.05) is 45.9 Å². The Bertz CT molecular complexity index is 859. The largest absolute Gasteiger partial charge is 0.494 e. The van der Waals surface area contributed by atoms with Crippen molar-refractivity contribution in [1.29, 1.82) is 5.26 Å². The lowest BCUT2D eigenvalue weighted by molar-refractivity contribution is -0.156. The first-order valence-corrected chi connectivity index (χ1v) is 11.7. The molecule has 0 atom stereocenters. The average Bonchev–Trinajstić information content (AvgIpc) is 2.83. The highest BCUT2D eigenvalue weighted by atomic mass is 16.5. The smallest absolute Gasteiger partial charge is 0.407 e. The summed E-state index contributed by atoms with van der Waals surface area (Å²) in [6, 6.07) is 8.93. The number of carbonyl (C=O) groups is 3. The Hall–Kier alpha value is -3.28. The lowest BCUT2D eigenvalue weighted by Gasteiger charge is -2.34. The number of amides is 3. The molecule has 0 saturated carbocycles. The third-order valence-corrected chi connectivity index (χ3v) is 6.40. The number of nitrogens with zero attached hydrogens (tertiary/aromatic N) is 4. The van der Waals surface area contributed by atoms with Crippen LogP contribution in [0.15, 0.2) is 24.3 Å². The van der Waals surface area contributed by atoms with Crippen LogP contribution in [-0.4, -0.2) is 83.6 Å². The van der Waals surface area contributed by atoms with E-state index in [0.717, 1.165) is 32.1 Å². The number of benzene rings is 1. The maximum absolute atomic E-state index is 12.5. The summed E-state index contributed by atoms with van der Waals surface area (Å²) in [6.07, 6.45) is 4.46. The molecule has 2 aliphatic rings. The number of rotatable bonds is 10. The normalized spacial score (nSPS) is 17.2. The van der Waals surface area contributed by atoms with Crippen molar-refractivity contribution in [3.05, 3.63) is 29.8 Å². The number of hydrogen-bond acceptors (Lipinski definition) is 5. The number of unbranched alkanes of at least 4 members (excludes halogenated alkanes) is 1. The SMILES string of the molecule is N#Cc1ccc(OCCCN2CCN(CCCCC3CCN(C(=O)O)CC3)C(=O)C2=O)cc1. The Morgan fingerprint density at radius 1 is 0.970 bits per heavy atom. The van der Waals surface area contributed by atoms with Gasteiger partial charge in [-0.3, -0.25) is 9.59 Å². The number of ether oxygens (including phenoxy) is 1. The Morgan fingerprint density at radius 3 is 2.15 bits per heavy atom. The second-order valence-corrected chi connectivity index (χ2v) is 8.63. The lowest BCUT2D eigenvalue weighted by atomic mass is 9.91. The van der Waals surface area contributed by atoms with Crippen molar-refractivity contribution in [3.63, 3.8) is 0 Å². The van der Waals surface area contributed by atoms with Crippen molar-refractivity contribution < 1.29 is 24.2 Å². The lowest BCUT2D eigenvalue weighted by Crippen LogP contribution is -2.54. The predicted molar refractivity (Wildman–Crippen MR) is 121 cm³/mol. The van der Waals surface area contributed by atoms with E-state index in [4.69, 9.17) is 15.1 Å². The fraction of sp³-hybridized carbons (Fsp3) is 0.583. The molecule has 3 rings (SSSR count). The number of hydrogen-bond donors (Lipinski definition) is 1. The van der Waals surface area contributed by atoms with E-state index in [1.807, 2.05) is 0 Å². The zero-order valence-corrected chi connectivity index (χ0v) is 18.9. The molecule has 1 aromatic rings. The number of piperidine rings is 1. The molecule has 0 bridgehead atoms. The molecular formula is C24H32N4O5. The number of likely N-dealkylation sites (tertiary alicyclic amines) is 1. The van der Waals surface area contributed by atoms with Crippen LogP contribution in [0.25, 0.3) is 0 Å². The molecule has 178 valence electrons. The van der Waals surface area contributed by atoms with E-state index < -0.39 is 17.9 Å². The standard InChI is InChI=1S/C24H32N4O5/c25-18-20-5-7-21(8-6-20)33-17-3-12-27-16-15-26(22(29)23(27)30)11-2-1-4-19-9-13-28(14-10-19)24(31)32/h5-8,19H,1-4,9-17H2,(H,31,32). The maximum Gasteiger partial charge on any atom is 0.407 e. The molecule has 9 nitrogen and oxygen atoms in total. The zero-order valence-electron chi connectivity index (χ0n) is 18.9. The van der Waals surface area contributed by atoms with Crippen molar-refractivity contribution in [2.45, 2.75) is 38.5 Å². The van der Waals surface area contributed by atoms with Crippen molar-refractivity contribution in [1.82, 2.24) is 14.7 Å². The molecule has 2 saturated heterocycles. The van der Waals surface area contributed by atoms with E-state index in [-0.39, 0.29) is 0 Å². The molecule has 1 aromatic carbocycles. The number of piperazine rings is 1. The predicted octanol–water partition coefficient (Wildman–Crippen LogP) is 2.56. The van der Waals surface area contributed by atoms with Crippen LogP contribution < -0.4 is 4.74 Å². The molecule has 0 unspecified atom stereocenters. The summed E-state index contributed by atoms with van der Waals surface area (Å²) >= 11 is 0. The quantitative estimate of drug-likeness (QED) is 0.428. The molecule has 2 heterocycles. The van der Waals surface area contributed by atoms with Gasteiger partial charge in [0, 0.05) is 39.3 Å². The highest BCUT2D eigenvalue weighted by molar-refractivity contribution is 6.35. The van der Waals surface area contributed by atoms with Gasteiger partial charge in [-0.15, -0.1) is 0 Å². The third kappa shape index (κ3) is 7.11. The van der Waals surface area contributed by atoms with Gasteiger partial charge in [0.25, 0.3) is 0 Å². The molecule has 0 aliphatic carbocycles. The van der Waals surface area contributed by atoms with E-state index in [1.54, 1.807) is 34.1 Å². The Balaban J connectivity index is 1.28. The molecule has 9 heteroatoms. The van der Waals surface area contributed by atoms with E-state index >= 15 is 0 Å². The fourth-order valence-corrected chi connectivity index (χ4v) is 4.36. The summed E-state index contributed by atoms with van der Waals surface area (Å²) in [5, 5.41) is 17.8. The summed E-state index contributed by atoms with van der Waals surface area (Å²) in [5.41, 5.74) is 0.574. The van der Waals surface area contributed by atoms with Gasteiger partial charge >= 0.3 is 17.9 Å². The maximum atomic E-state index is 12.5. The van der Waals surface area contributed by atoms with E-state index in [2.05, 4.69) is 6.07 Å². The Labute approximate surface area is 194 Å². The molecule has 1 N–H and O–H groups in total. The minimum atomic E-state index is -0.838. The van der Waals surface area contributed by atoms with Crippen molar-refractivity contribution >= 4 is 17.9 Å². The van der Waals surface area contributed by atoms with Gasteiger partial charge in [0.05, 0.1) is 18.2 Å². The molecule has 2 aliphatic heterocycles. The van der Waals surface area contributed by atoms with E-state index in [0.29, 0.717) is 69.5 Å². The number of carboxylic acid groups (broad SMARTS) is 1. The van der Waals surface area contributed by atoms with Crippen LogP contribution in [0.5, 0.6) is 5.75 Å². The minimum absolute atomic E-state index is 0.427. The third-order valence-electron chi connectivity index (χ3n) is 6.40. The van der Waals surface area contributed by atoms with Gasteiger partial charge in [0.15, 0.2) is 0 Å². The first-order chi connectivity index (χ1) is 16.0. The molecule has 3 amide bonds. The van der Waals surface area contributed by atoms with Gasteiger partial charge in [-0.1, -0.05) is 12.8 Å². The van der Waals surface area contributed by atoms with Gasteiger partial charge in [0.1, 0.15) is 5.75 Å². The molecular weight excluding hydrogens is 424 g/mol. The Kier molecular flexibility index (Phi) is 8.93. The second kappa shape index (κ2) is 12.1. The van der Waals surface area contributed by atoms with Gasteiger partial charge < -0.3 is 24.5 Å². The molecule has 0 spiro atoms. The van der Waals surface area contributed by atoms with Crippen LogP contribution in [0.1, 0.15) is 44.1 Å². The monoisotopic (exact) mass is 456 g/mol. The second-order valence-electron chi connectivity index (χ2n) is 8.63. The van der Waals surface area contributed by atoms with E-state index in [9.17, 15) is 14.4 Å². The number of nitriles is 1. The summed E-state index contributed by atoms with van der Waals surface area (Å²) < 4.78 is 5.64. The minimum Gasteiger partial charge on any atom is -0.494 e. The van der Waals surface area contributed by atoms with E-state index in [1.165, 1.54) is 4.90 Å².